The molecule has 1 heterocycles. The zero-order valence-electron chi connectivity index (χ0n) is 11.7. The Morgan fingerprint density at radius 2 is 1.91 bits per heavy atom. The Morgan fingerprint density at radius 1 is 1.09 bits per heavy atom. The highest BCUT2D eigenvalue weighted by Crippen LogP contribution is 2.33. The molecule has 1 aliphatic carbocycles. The van der Waals surface area contributed by atoms with E-state index in [-0.39, 0.29) is 0 Å². The molecule has 22 heavy (non-hydrogen) atoms. The molecule has 0 fully saturated rings. The molecule has 0 saturated carbocycles. The molecule has 0 amide bonds. The van der Waals surface area contributed by atoms with Gasteiger partial charge in [0.25, 0.3) is 0 Å². The molecule has 1 aliphatic rings. The van der Waals surface area contributed by atoms with Crippen LogP contribution in [-0.2, 0) is 6.42 Å². The van der Waals surface area contributed by atoms with E-state index >= 15 is 0 Å². The van der Waals surface area contributed by atoms with E-state index in [1.54, 1.807) is 6.08 Å². The summed E-state index contributed by atoms with van der Waals surface area (Å²) in [6.45, 7) is 0. The molecule has 3 aromatic rings. The first-order valence-corrected chi connectivity index (χ1v) is 7.78. The molecular weight excluding hydrogens is 294 g/mol. The summed E-state index contributed by atoms with van der Waals surface area (Å²) < 4.78 is 4.33. The fourth-order valence-electron chi connectivity index (χ4n) is 2.57. The molecule has 0 aliphatic heterocycles. The third-order valence-electron chi connectivity index (χ3n) is 3.71. The van der Waals surface area contributed by atoms with E-state index < -0.39 is 5.72 Å². The van der Waals surface area contributed by atoms with E-state index in [2.05, 4.69) is 14.6 Å². The van der Waals surface area contributed by atoms with Crippen LogP contribution < -0.4 is 0 Å². The largest absolute Gasteiger partial charge is 0.364 e. The van der Waals surface area contributed by atoms with Crippen LogP contribution in [0.15, 0.2) is 64.8 Å². The number of fused-ring (bicyclic) bond motifs is 2. The van der Waals surface area contributed by atoms with E-state index in [4.69, 9.17) is 0 Å². The third-order valence-corrected chi connectivity index (χ3v) is 4.48. The van der Waals surface area contributed by atoms with Gasteiger partial charge in [-0.25, -0.2) is 0 Å². The minimum absolute atomic E-state index is 0.430. The van der Waals surface area contributed by atoms with E-state index in [1.165, 1.54) is 11.5 Å². The zero-order chi connectivity index (χ0) is 15.0. The van der Waals surface area contributed by atoms with Gasteiger partial charge in [0.15, 0.2) is 10.7 Å². The van der Waals surface area contributed by atoms with E-state index in [0.29, 0.717) is 6.42 Å². The summed E-state index contributed by atoms with van der Waals surface area (Å²) in [4.78, 5) is 0. The second-order valence-electron chi connectivity index (χ2n) is 5.29. The number of aliphatic hydroxyl groups is 1. The first-order valence-electron chi connectivity index (χ1n) is 7.00. The van der Waals surface area contributed by atoms with Crippen LogP contribution in [0.1, 0.15) is 11.1 Å². The number of azo groups is 1. The molecule has 0 saturated heterocycles. The lowest BCUT2D eigenvalue weighted by atomic mass is 9.92. The second-order valence-corrected chi connectivity index (χ2v) is 6.04. The Labute approximate surface area is 131 Å². The summed E-state index contributed by atoms with van der Waals surface area (Å²) in [6.07, 6.45) is 4.02. The predicted molar refractivity (Wildman–Crippen MR) is 88.3 cm³/mol. The SMILES string of the molecule is OC1(N=Nc2snc3ccccc23)C=Cc2ccccc2C1. The molecule has 1 aromatic heterocycles. The number of hydrogen-bond acceptors (Lipinski definition) is 5. The van der Waals surface area contributed by atoms with E-state index in [1.807, 2.05) is 54.6 Å². The van der Waals surface area contributed by atoms with Crippen molar-refractivity contribution in [3.05, 3.63) is 65.7 Å². The monoisotopic (exact) mass is 307 g/mol. The summed E-state index contributed by atoms with van der Waals surface area (Å²) in [5.74, 6) is 0. The highest BCUT2D eigenvalue weighted by atomic mass is 32.1. The minimum atomic E-state index is -1.29. The highest BCUT2D eigenvalue weighted by Gasteiger charge is 2.27. The van der Waals surface area contributed by atoms with Gasteiger partial charge < -0.3 is 5.11 Å². The molecule has 4 nitrogen and oxygen atoms in total. The van der Waals surface area contributed by atoms with Crippen molar-refractivity contribution in [1.82, 2.24) is 4.37 Å². The number of nitrogens with zero attached hydrogens (tertiary/aromatic N) is 3. The van der Waals surface area contributed by atoms with Gasteiger partial charge in [-0.3, -0.25) is 0 Å². The molecule has 108 valence electrons. The van der Waals surface area contributed by atoms with Crippen LogP contribution in [0.5, 0.6) is 0 Å². The van der Waals surface area contributed by atoms with E-state index in [9.17, 15) is 5.11 Å². The summed E-state index contributed by atoms with van der Waals surface area (Å²) in [5, 5.41) is 20.7. The van der Waals surface area contributed by atoms with Gasteiger partial charge in [0.2, 0.25) is 0 Å². The Kier molecular flexibility index (Phi) is 3.10. The van der Waals surface area contributed by atoms with Gasteiger partial charge >= 0.3 is 0 Å². The maximum absolute atomic E-state index is 10.6. The van der Waals surface area contributed by atoms with Crippen molar-refractivity contribution in [1.29, 1.82) is 0 Å². The van der Waals surface area contributed by atoms with Gasteiger partial charge in [-0.15, -0.1) is 10.2 Å². The standard InChI is InChI=1S/C17H13N3OS/c21-17(10-9-12-5-1-2-6-13(12)11-17)20-18-16-14-7-3-4-8-15(14)19-22-16/h1-10,21H,11H2. The molecule has 1 atom stereocenters. The van der Waals surface area contributed by atoms with Crippen LogP contribution in [0.25, 0.3) is 17.0 Å². The number of rotatable bonds is 2. The maximum atomic E-state index is 10.6. The molecule has 2 aromatic carbocycles. The van der Waals surface area contributed by atoms with Crippen LogP contribution in [0.2, 0.25) is 0 Å². The number of hydrogen-bond donors (Lipinski definition) is 1. The van der Waals surface area contributed by atoms with Gasteiger partial charge in [0.1, 0.15) is 0 Å². The van der Waals surface area contributed by atoms with Crippen molar-refractivity contribution >= 4 is 33.5 Å². The lowest BCUT2D eigenvalue weighted by Crippen LogP contribution is -2.28. The second kappa shape index (κ2) is 5.12. The highest BCUT2D eigenvalue weighted by molar-refractivity contribution is 7.11. The normalized spacial score (nSPS) is 20.6. The van der Waals surface area contributed by atoms with Gasteiger partial charge in [0.05, 0.1) is 5.52 Å². The van der Waals surface area contributed by atoms with Gasteiger partial charge in [0, 0.05) is 11.8 Å². The summed E-state index contributed by atoms with van der Waals surface area (Å²) in [7, 11) is 0. The Bertz CT molecular complexity index is 900. The first kappa shape index (κ1) is 13.3. The van der Waals surface area contributed by atoms with Gasteiger partial charge in [-0.05, 0) is 40.9 Å². The molecule has 1 N–H and O–H groups in total. The van der Waals surface area contributed by atoms with Crippen molar-refractivity contribution < 1.29 is 5.11 Å². The average molecular weight is 307 g/mol. The molecule has 5 heteroatoms. The van der Waals surface area contributed by atoms with Crippen LogP contribution in [0.3, 0.4) is 0 Å². The predicted octanol–water partition coefficient (Wildman–Crippen LogP) is 4.34. The molecule has 0 spiro atoms. The van der Waals surface area contributed by atoms with Crippen molar-refractivity contribution in [2.45, 2.75) is 12.1 Å². The fourth-order valence-corrected chi connectivity index (χ4v) is 3.26. The van der Waals surface area contributed by atoms with E-state index in [0.717, 1.165) is 27.0 Å². The summed E-state index contributed by atoms with van der Waals surface area (Å²) in [6, 6.07) is 15.8. The Morgan fingerprint density at radius 3 is 2.86 bits per heavy atom. The quantitative estimate of drug-likeness (QED) is 0.716. The molecule has 0 bridgehead atoms. The van der Waals surface area contributed by atoms with Gasteiger partial charge in [-0.2, -0.15) is 4.37 Å². The lowest BCUT2D eigenvalue weighted by molar-refractivity contribution is 0.0934. The minimum Gasteiger partial charge on any atom is -0.364 e. The van der Waals surface area contributed by atoms with Crippen molar-refractivity contribution in [2.24, 2.45) is 10.2 Å². The first-order chi connectivity index (χ1) is 10.7. The van der Waals surface area contributed by atoms with Gasteiger partial charge in [-0.1, -0.05) is 42.5 Å². The third kappa shape index (κ3) is 2.34. The molecule has 0 radical (unpaired) electrons. The smallest absolute Gasteiger partial charge is 0.200 e. The molecule has 1 unspecified atom stereocenters. The van der Waals surface area contributed by atoms with Crippen LogP contribution in [0, 0.1) is 0 Å². The molecular formula is C17H13N3OS. The fraction of sp³-hybridized carbons (Fsp3) is 0.118. The number of benzene rings is 2. The van der Waals surface area contributed by atoms with Crippen LogP contribution >= 0.6 is 11.5 Å². The maximum Gasteiger partial charge on any atom is 0.200 e. The lowest BCUT2D eigenvalue weighted by Gasteiger charge is -2.23. The molecule has 4 rings (SSSR count). The van der Waals surface area contributed by atoms with Crippen molar-refractivity contribution in [2.75, 3.05) is 0 Å². The summed E-state index contributed by atoms with van der Waals surface area (Å²) in [5.41, 5.74) is 1.80. The van der Waals surface area contributed by atoms with Crippen molar-refractivity contribution in [3.63, 3.8) is 0 Å². The Balaban J connectivity index is 1.66. The summed E-state index contributed by atoms with van der Waals surface area (Å²) >= 11 is 1.29. The Hall–Kier alpha value is -2.37. The van der Waals surface area contributed by atoms with Crippen molar-refractivity contribution in [3.8, 4) is 0 Å². The van der Waals surface area contributed by atoms with Crippen LogP contribution in [0.4, 0.5) is 5.00 Å². The topological polar surface area (TPSA) is 57.8 Å². The zero-order valence-corrected chi connectivity index (χ0v) is 12.5. The van der Waals surface area contributed by atoms with Crippen LogP contribution in [-0.4, -0.2) is 15.2 Å². The number of aromatic nitrogens is 1. The average Bonchev–Trinajstić information content (AvgIpc) is 2.96.